The first-order valence-corrected chi connectivity index (χ1v) is 7.88. The van der Waals surface area contributed by atoms with Crippen LogP contribution in [0.25, 0.3) is 22.6 Å². The predicted molar refractivity (Wildman–Crippen MR) is 92.8 cm³/mol. The number of halogens is 2. The standard InChI is InChI=1S/C18H15Cl2NO2/c1-10-5-11(2)7-13(6-10)18-14(9-22)17(21-23-18)12-3-4-15(19)16(20)8-12/h3-8,22H,9H2,1-2H3. The van der Waals surface area contributed by atoms with Gasteiger partial charge in [0, 0.05) is 11.1 Å². The third-order valence-electron chi connectivity index (χ3n) is 3.62. The molecule has 1 heterocycles. The zero-order valence-corrected chi connectivity index (χ0v) is 14.2. The van der Waals surface area contributed by atoms with Gasteiger partial charge >= 0.3 is 0 Å². The van der Waals surface area contributed by atoms with E-state index < -0.39 is 0 Å². The van der Waals surface area contributed by atoms with E-state index in [1.54, 1.807) is 18.2 Å². The highest BCUT2D eigenvalue weighted by molar-refractivity contribution is 6.42. The van der Waals surface area contributed by atoms with E-state index in [4.69, 9.17) is 27.7 Å². The molecule has 0 spiro atoms. The first kappa shape index (κ1) is 16.1. The van der Waals surface area contributed by atoms with Gasteiger partial charge in [-0.25, -0.2) is 0 Å². The van der Waals surface area contributed by atoms with Crippen LogP contribution in [0.4, 0.5) is 0 Å². The second-order valence-corrected chi connectivity index (χ2v) is 6.32. The Morgan fingerprint density at radius 3 is 2.26 bits per heavy atom. The van der Waals surface area contributed by atoms with Gasteiger partial charge in [-0.05, 0) is 38.1 Å². The molecule has 3 aromatic rings. The Kier molecular flexibility index (Phi) is 4.44. The molecule has 0 radical (unpaired) electrons. The molecular weight excluding hydrogens is 333 g/mol. The summed E-state index contributed by atoms with van der Waals surface area (Å²) in [4.78, 5) is 0. The van der Waals surface area contributed by atoms with Gasteiger partial charge in [-0.1, -0.05) is 51.6 Å². The van der Waals surface area contributed by atoms with Crippen molar-refractivity contribution in [2.24, 2.45) is 0 Å². The Morgan fingerprint density at radius 1 is 0.957 bits per heavy atom. The topological polar surface area (TPSA) is 46.3 Å². The van der Waals surface area contributed by atoms with E-state index in [0.717, 1.165) is 22.3 Å². The predicted octanol–water partition coefficient (Wildman–Crippen LogP) is 5.42. The molecule has 0 bridgehead atoms. The summed E-state index contributed by atoms with van der Waals surface area (Å²) >= 11 is 12.0. The van der Waals surface area contributed by atoms with Crippen LogP contribution in [0, 0.1) is 13.8 Å². The molecule has 0 saturated carbocycles. The lowest BCUT2D eigenvalue weighted by atomic mass is 10.00. The molecule has 1 aromatic heterocycles. The van der Waals surface area contributed by atoms with Crippen molar-refractivity contribution in [2.45, 2.75) is 20.5 Å². The van der Waals surface area contributed by atoms with Crippen molar-refractivity contribution in [2.75, 3.05) is 0 Å². The molecule has 23 heavy (non-hydrogen) atoms. The molecular formula is C18H15Cl2NO2. The fraction of sp³-hybridized carbons (Fsp3) is 0.167. The third-order valence-corrected chi connectivity index (χ3v) is 4.36. The van der Waals surface area contributed by atoms with Crippen LogP contribution in [-0.2, 0) is 6.61 Å². The highest BCUT2D eigenvalue weighted by atomic mass is 35.5. The summed E-state index contributed by atoms with van der Waals surface area (Å²) in [6, 6.07) is 11.3. The van der Waals surface area contributed by atoms with E-state index in [0.29, 0.717) is 27.1 Å². The number of aliphatic hydroxyl groups is 1. The van der Waals surface area contributed by atoms with Gasteiger partial charge in [0.1, 0.15) is 5.69 Å². The minimum Gasteiger partial charge on any atom is -0.391 e. The number of nitrogens with zero attached hydrogens (tertiary/aromatic N) is 1. The number of aromatic nitrogens is 1. The monoisotopic (exact) mass is 347 g/mol. The van der Waals surface area contributed by atoms with E-state index in [1.807, 2.05) is 26.0 Å². The van der Waals surface area contributed by atoms with Crippen molar-refractivity contribution >= 4 is 23.2 Å². The number of hydrogen-bond donors (Lipinski definition) is 1. The minimum absolute atomic E-state index is 0.179. The molecule has 3 rings (SSSR count). The van der Waals surface area contributed by atoms with Crippen molar-refractivity contribution in [3.05, 3.63) is 63.1 Å². The van der Waals surface area contributed by atoms with Crippen molar-refractivity contribution < 1.29 is 9.63 Å². The summed E-state index contributed by atoms with van der Waals surface area (Å²) in [6.45, 7) is 3.86. The summed E-state index contributed by atoms with van der Waals surface area (Å²) in [6.07, 6.45) is 0. The average Bonchev–Trinajstić information content (AvgIpc) is 2.93. The number of aryl methyl sites for hydroxylation is 2. The van der Waals surface area contributed by atoms with Gasteiger partial charge < -0.3 is 9.63 Å². The van der Waals surface area contributed by atoms with Crippen LogP contribution in [0.3, 0.4) is 0 Å². The van der Waals surface area contributed by atoms with Crippen LogP contribution in [-0.4, -0.2) is 10.3 Å². The van der Waals surface area contributed by atoms with E-state index in [-0.39, 0.29) is 6.61 Å². The number of benzene rings is 2. The van der Waals surface area contributed by atoms with Crippen LogP contribution in [0.5, 0.6) is 0 Å². The van der Waals surface area contributed by atoms with Crippen molar-refractivity contribution in [3.63, 3.8) is 0 Å². The van der Waals surface area contributed by atoms with Gasteiger partial charge in [-0.15, -0.1) is 0 Å². The first-order valence-electron chi connectivity index (χ1n) is 7.13. The second-order valence-electron chi connectivity index (χ2n) is 5.50. The summed E-state index contributed by atoms with van der Waals surface area (Å²) < 4.78 is 5.52. The summed E-state index contributed by atoms with van der Waals surface area (Å²) in [5.74, 6) is 0.570. The second kappa shape index (κ2) is 6.36. The van der Waals surface area contributed by atoms with Crippen molar-refractivity contribution in [1.29, 1.82) is 0 Å². The molecule has 0 fully saturated rings. The molecule has 0 saturated heterocycles. The largest absolute Gasteiger partial charge is 0.391 e. The molecule has 0 aliphatic carbocycles. The van der Waals surface area contributed by atoms with Crippen LogP contribution in [0.15, 0.2) is 40.9 Å². The molecule has 0 atom stereocenters. The van der Waals surface area contributed by atoms with E-state index in [1.165, 1.54) is 0 Å². The van der Waals surface area contributed by atoms with E-state index in [9.17, 15) is 5.11 Å². The van der Waals surface area contributed by atoms with E-state index in [2.05, 4.69) is 11.2 Å². The molecule has 0 aliphatic heterocycles. The molecule has 0 aliphatic rings. The SMILES string of the molecule is Cc1cc(C)cc(-c2onc(-c3ccc(Cl)c(Cl)c3)c2CO)c1. The van der Waals surface area contributed by atoms with Gasteiger partial charge in [-0.2, -0.15) is 0 Å². The summed E-state index contributed by atoms with van der Waals surface area (Å²) in [7, 11) is 0. The third kappa shape index (κ3) is 3.13. The van der Waals surface area contributed by atoms with Gasteiger partial charge in [0.05, 0.1) is 22.2 Å². The van der Waals surface area contributed by atoms with Crippen LogP contribution < -0.4 is 0 Å². The normalized spacial score (nSPS) is 11.0. The quantitative estimate of drug-likeness (QED) is 0.687. The smallest absolute Gasteiger partial charge is 0.173 e. The average molecular weight is 348 g/mol. The van der Waals surface area contributed by atoms with E-state index >= 15 is 0 Å². The zero-order chi connectivity index (χ0) is 16.6. The molecule has 5 heteroatoms. The molecule has 118 valence electrons. The Balaban J connectivity index is 2.14. The molecule has 0 unspecified atom stereocenters. The summed E-state index contributed by atoms with van der Waals surface area (Å²) in [5, 5.41) is 14.8. The van der Waals surface area contributed by atoms with Gasteiger partial charge in [-0.3, -0.25) is 0 Å². The Bertz CT molecular complexity index is 851. The zero-order valence-electron chi connectivity index (χ0n) is 12.7. The maximum Gasteiger partial charge on any atom is 0.173 e. The lowest BCUT2D eigenvalue weighted by Crippen LogP contribution is -1.90. The molecule has 2 aromatic carbocycles. The van der Waals surface area contributed by atoms with Crippen LogP contribution in [0.2, 0.25) is 10.0 Å². The van der Waals surface area contributed by atoms with Gasteiger partial charge in [0.25, 0.3) is 0 Å². The van der Waals surface area contributed by atoms with Crippen molar-refractivity contribution in [3.8, 4) is 22.6 Å². The van der Waals surface area contributed by atoms with Crippen LogP contribution >= 0.6 is 23.2 Å². The molecule has 1 N–H and O–H groups in total. The fourth-order valence-electron chi connectivity index (χ4n) is 2.66. The van der Waals surface area contributed by atoms with Crippen LogP contribution in [0.1, 0.15) is 16.7 Å². The lowest BCUT2D eigenvalue weighted by Gasteiger charge is -2.05. The fourth-order valence-corrected chi connectivity index (χ4v) is 2.96. The molecule has 0 amide bonds. The Labute approximate surface area is 144 Å². The summed E-state index contributed by atoms with van der Waals surface area (Å²) in [5.41, 5.74) is 5.09. The lowest BCUT2D eigenvalue weighted by molar-refractivity contribution is 0.281. The Hall–Kier alpha value is -1.81. The highest BCUT2D eigenvalue weighted by Crippen LogP contribution is 2.35. The Morgan fingerprint density at radius 2 is 1.65 bits per heavy atom. The maximum atomic E-state index is 9.81. The number of hydrogen-bond acceptors (Lipinski definition) is 3. The van der Waals surface area contributed by atoms with Crippen molar-refractivity contribution in [1.82, 2.24) is 5.16 Å². The minimum atomic E-state index is -0.179. The molecule has 3 nitrogen and oxygen atoms in total. The van der Waals surface area contributed by atoms with Gasteiger partial charge in [0.2, 0.25) is 0 Å². The maximum absolute atomic E-state index is 9.81. The van der Waals surface area contributed by atoms with Gasteiger partial charge in [0.15, 0.2) is 5.76 Å². The number of rotatable bonds is 3. The highest BCUT2D eigenvalue weighted by Gasteiger charge is 2.19. The first-order chi connectivity index (χ1) is 11.0. The number of aliphatic hydroxyl groups excluding tert-OH is 1.